The van der Waals surface area contributed by atoms with E-state index in [4.69, 9.17) is 4.52 Å². The Morgan fingerprint density at radius 1 is 1.12 bits per heavy atom. The van der Waals surface area contributed by atoms with Gasteiger partial charge in [0, 0.05) is 11.0 Å². The van der Waals surface area contributed by atoms with Crippen LogP contribution < -0.4 is 0 Å². The number of hydrogen-bond acceptors (Lipinski definition) is 2. The number of halogens is 1. The van der Waals surface area contributed by atoms with E-state index in [-0.39, 0.29) is 5.41 Å². The van der Waals surface area contributed by atoms with E-state index in [0.717, 1.165) is 20.6 Å². The first kappa shape index (κ1) is 11.6. The first-order valence-corrected chi connectivity index (χ1v) is 6.29. The highest BCUT2D eigenvalue weighted by Crippen LogP contribution is 2.33. The molecule has 2 aromatic rings. The van der Waals surface area contributed by atoms with Gasteiger partial charge in [0.15, 0.2) is 5.76 Å². The lowest BCUT2D eigenvalue weighted by Crippen LogP contribution is -2.13. The molecule has 0 spiro atoms. The summed E-state index contributed by atoms with van der Waals surface area (Å²) in [6.45, 7) is 6.42. The number of hydrogen-bond donors (Lipinski definition) is 0. The summed E-state index contributed by atoms with van der Waals surface area (Å²) in [4.78, 5) is 0. The van der Waals surface area contributed by atoms with Crippen molar-refractivity contribution in [2.75, 3.05) is 0 Å². The Hall–Kier alpha value is -0.840. The summed E-state index contributed by atoms with van der Waals surface area (Å²) in [6.07, 6.45) is 0. The van der Waals surface area contributed by atoms with Crippen molar-refractivity contribution < 1.29 is 4.52 Å². The van der Waals surface area contributed by atoms with Crippen LogP contribution in [0.25, 0.3) is 11.3 Å². The molecule has 0 aliphatic rings. The van der Waals surface area contributed by atoms with Crippen LogP contribution in [0.15, 0.2) is 34.9 Å². The molecular formula is C13H14INO. The minimum Gasteiger partial charge on any atom is -0.355 e. The van der Waals surface area contributed by atoms with Crippen LogP contribution in [0.3, 0.4) is 0 Å². The Bertz CT molecular complexity index is 482. The highest BCUT2D eigenvalue weighted by atomic mass is 127. The first-order valence-electron chi connectivity index (χ1n) is 5.21. The van der Waals surface area contributed by atoms with Gasteiger partial charge in [-0.3, -0.25) is 0 Å². The van der Waals surface area contributed by atoms with Crippen LogP contribution in [0.1, 0.15) is 26.5 Å². The van der Waals surface area contributed by atoms with Gasteiger partial charge in [0.1, 0.15) is 5.69 Å². The zero-order valence-electron chi connectivity index (χ0n) is 9.62. The zero-order valence-corrected chi connectivity index (χ0v) is 11.8. The molecule has 0 atom stereocenters. The molecule has 1 heterocycles. The number of rotatable bonds is 1. The summed E-state index contributed by atoms with van der Waals surface area (Å²) in [5.74, 6) is 0.867. The molecule has 1 aromatic carbocycles. The number of nitrogens with zero attached hydrogens (tertiary/aromatic N) is 1. The van der Waals surface area contributed by atoms with Crippen molar-refractivity contribution in [1.82, 2.24) is 5.16 Å². The van der Waals surface area contributed by atoms with E-state index in [9.17, 15) is 0 Å². The summed E-state index contributed by atoms with van der Waals surface area (Å²) in [5.41, 5.74) is 2.12. The van der Waals surface area contributed by atoms with Crippen LogP contribution in [0.4, 0.5) is 0 Å². The number of benzene rings is 1. The van der Waals surface area contributed by atoms with Crippen molar-refractivity contribution in [3.8, 4) is 11.3 Å². The maximum atomic E-state index is 5.45. The maximum Gasteiger partial charge on any atom is 0.180 e. The molecular weight excluding hydrogens is 313 g/mol. The van der Waals surface area contributed by atoms with E-state index < -0.39 is 0 Å². The van der Waals surface area contributed by atoms with Crippen molar-refractivity contribution in [3.05, 3.63) is 39.6 Å². The topological polar surface area (TPSA) is 26.0 Å². The Kier molecular flexibility index (Phi) is 3.06. The smallest absolute Gasteiger partial charge is 0.180 e. The Balaban J connectivity index is 2.50. The molecule has 0 N–H and O–H groups in total. The van der Waals surface area contributed by atoms with Crippen LogP contribution in [0.2, 0.25) is 0 Å². The lowest BCUT2D eigenvalue weighted by molar-refractivity contribution is 0.402. The molecule has 0 fully saturated rings. The fraction of sp³-hybridized carbons (Fsp3) is 0.308. The van der Waals surface area contributed by atoms with Crippen LogP contribution in [0.5, 0.6) is 0 Å². The third kappa shape index (κ3) is 2.14. The Labute approximate surface area is 109 Å². The molecule has 2 rings (SSSR count). The van der Waals surface area contributed by atoms with Gasteiger partial charge in [0.05, 0.1) is 3.57 Å². The monoisotopic (exact) mass is 327 g/mol. The quantitative estimate of drug-likeness (QED) is 0.732. The van der Waals surface area contributed by atoms with E-state index in [1.165, 1.54) is 0 Å². The molecule has 0 aliphatic carbocycles. The Morgan fingerprint density at radius 2 is 1.75 bits per heavy atom. The second-order valence-corrected chi connectivity index (χ2v) is 5.87. The van der Waals surface area contributed by atoms with Gasteiger partial charge in [-0.15, -0.1) is 0 Å². The van der Waals surface area contributed by atoms with Crippen molar-refractivity contribution in [2.45, 2.75) is 26.2 Å². The predicted octanol–water partition coefficient (Wildman–Crippen LogP) is 4.24. The highest BCUT2D eigenvalue weighted by molar-refractivity contribution is 14.1. The number of aromatic nitrogens is 1. The van der Waals surface area contributed by atoms with Crippen LogP contribution in [0, 0.1) is 3.57 Å². The second-order valence-electron chi connectivity index (χ2n) is 4.79. The third-order valence-electron chi connectivity index (χ3n) is 2.38. The second kappa shape index (κ2) is 4.20. The minimum atomic E-state index is 0.0209. The first-order chi connectivity index (χ1) is 7.50. The normalized spacial score (nSPS) is 11.8. The van der Waals surface area contributed by atoms with Crippen LogP contribution in [-0.2, 0) is 5.41 Å². The van der Waals surface area contributed by atoms with Crippen molar-refractivity contribution in [3.63, 3.8) is 0 Å². The van der Waals surface area contributed by atoms with Crippen LogP contribution in [-0.4, -0.2) is 5.16 Å². The molecule has 0 saturated heterocycles. The standard InChI is InChI=1S/C13H14INO/c1-13(2,3)12-10(14)11(16-15-12)9-7-5-4-6-8-9/h4-8H,1-3H3. The molecule has 0 amide bonds. The predicted molar refractivity (Wildman–Crippen MR) is 73.4 cm³/mol. The average Bonchev–Trinajstić information content (AvgIpc) is 2.61. The van der Waals surface area contributed by atoms with Gasteiger partial charge >= 0.3 is 0 Å². The molecule has 84 valence electrons. The van der Waals surface area contributed by atoms with Gasteiger partial charge < -0.3 is 4.52 Å². The molecule has 0 aliphatic heterocycles. The molecule has 16 heavy (non-hydrogen) atoms. The zero-order chi connectivity index (χ0) is 11.8. The largest absolute Gasteiger partial charge is 0.355 e. The van der Waals surface area contributed by atoms with Gasteiger partial charge in [-0.2, -0.15) is 0 Å². The summed E-state index contributed by atoms with van der Waals surface area (Å²) in [5, 5.41) is 4.18. The van der Waals surface area contributed by atoms with Gasteiger partial charge in [-0.25, -0.2) is 0 Å². The molecule has 2 nitrogen and oxygen atoms in total. The summed E-state index contributed by atoms with van der Waals surface area (Å²) >= 11 is 2.31. The average molecular weight is 327 g/mol. The maximum absolute atomic E-state index is 5.45. The molecule has 0 unspecified atom stereocenters. The molecule has 0 bridgehead atoms. The van der Waals surface area contributed by atoms with Crippen molar-refractivity contribution in [2.24, 2.45) is 0 Å². The third-order valence-corrected chi connectivity index (χ3v) is 3.38. The lowest BCUT2D eigenvalue weighted by atomic mass is 9.92. The van der Waals surface area contributed by atoms with Gasteiger partial charge in [0.25, 0.3) is 0 Å². The molecule has 3 heteroatoms. The van der Waals surface area contributed by atoms with E-state index >= 15 is 0 Å². The minimum absolute atomic E-state index is 0.0209. The fourth-order valence-electron chi connectivity index (χ4n) is 1.51. The van der Waals surface area contributed by atoms with Crippen LogP contribution >= 0.6 is 22.6 Å². The molecule has 1 aromatic heterocycles. The van der Waals surface area contributed by atoms with E-state index in [1.807, 2.05) is 30.3 Å². The summed E-state index contributed by atoms with van der Waals surface area (Å²) in [7, 11) is 0. The van der Waals surface area contributed by atoms with E-state index in [0.29, 0.717) is 0 Å². The van der Waals surface area contributed by atoms with Crippen molar-refractivity contribution in [1.29, 1.82) is 0 Å². The van der Waals surface area contributed by atoms with E-state index in [1.54, 1.807) is 0 Å². The molecule has 0 saturated carbocycles. The van der Waals surface area contributed by atoms with Gasteiger partial charge in [0.2, 0.25) is 0 Å². The summed E-state index contributed by atoms with van der Waals surface area (Å²) < 4.78 is 6.56. The lowest BCUT2D eigenvalue weighted by Gasteiger charge is -2.14. The Morgan fingerprint density at radius 3 is 2.25 bits per heavy atom. The summed E-state index contributed by atoms with van der Waals surface area (Å²) in [6, 6.07) is 10.1. The van der Waals surface area contributed by atoms with Gasteiger partial charge in [-0.1, -0.05) is 56.3 Å². The highest BCUT2D eigenvalue weighted by Gasteiger charge is 2.25. The fourth-order valence-corrected chi connectivity index (χ4v) is 2.83. The van der Waals surface area contributed by atoms with Gasteiger partial charge in [-0.05, 0) is 22.6 Å². The SMILES string of the molecule is CC(C)(C)c1noc(-c2ccccc2)c1I. The van der Waals surface area contributed by atoms with Crippen molar-refractivity contribution >= 4 is 22.6 Å². The molecule has 0 radical (unpaired) electrons. The van der Waals surface area contributed by atoms with E-state index in [2.05, 4.69) is 48.5 Å².